The van der Waals surface area contributed by atoms with Crippen molar-refractivity contribution >= 4 is 5.91 Å². The van der Waals surface area contributed by atoms with Crippen molar-refractivity contribution in [1.29, 1.82) is 0 Å². The van der Waals surface area contributed by atoms with Crippen LogP contribution >= 0.6 is 0 Å². The molecule has 4 atom stereocenters. The van der Waals surface area contributed by atoms with Crippen LogP contribution < -0.4 is 11.1 Å². The average molecular weight is 240 g/mol. The molecule has 0 aliphatic heterocycles. The topological polar surface area (TPSA) is 55.1 Å². The maximum absolute atomic E-state index is 11.9. The van der Waals surface area contributed by atoms with Crippen molar-refractivity contribution < 1.29 is 4.79 Å². The van der Waals surface area contributed by atoms with Crippen molar-refractivity contribution in [3.63, 3.8) is 0 Å². The molecular formula is C14H28N2O. The number of nitrogens with one attached hydrogen (secondary N) is 1. The molecule has 1 aliphatic carbocycles. The number of carbonyl (C=O) groups excluding carboxylic acids is 1. The van der Waals surface area contributed by atoms with E-state index >= 15 is 0 Å². The third-order valence-corrected chi connectivity index (χ3v) is 3.82. The predicted molar refractivity (Wildman–Crippen MR) is 71.5 cm³/mol. The van der Waals surface area contributed by atoms with Crippen molar-refractivity contribution in [2.75, 3.05) is 0 Å². The van der Waals surface area contributed by atoms with Crippen LogP contribution in [0.1, 0.15) is 53.4 Å². The summed E-state index contributed by atoms with van der Waals surface area (Å²) in [7, 11) is 0. The smallest absolute Gasteiger partial charge is 0.237 e. The van der Waals surface area contributed by atoms with E-state index in [1.165, 1.54) is 12.8 Å². The Morgan fingerprint density at radius 3 is 2.53 bits per heavy atom. The molecule has 0 aromatic carbocycles. The first kappa shape index (κ1) is 14.5. The van der Waals surface area contributed by atoms with Gasteiger partial charge in [0.25, 0.3) is 0 Å². The minimum atomic E-state index is -0.346. The molecule has 1 amide bonds. The van der Waals surface area contributed by atoms with Crippen molar-refractivity contribution in [3.05, 3.63) is 0 Å². The second kappa shape index (κ2) is 6.39. The van der Waals surface area contributed by atoms with E-state index in [1.54, 1.807) is 0 Å². The third-order valence-electron chi connectivity index (χ3n) is 3.82. The lowest BCUT2D eigenvalue weighted by Gasteiger charge is -2.33. The number of rotatable bonds is 4. The van der Waals surface area contributed by atoms with Gasteiger partial charge in [0.1, 0.15) is 0 Å². The Hall–Kier alpha value is -0.570. The van der Waals surface area contributed by atoms with Gasteiger partial charge in [-0.1, -0.05) is 27.7 Å². The summed E-state index contributed by atoms with van der Waals surface area (Å²) in [5.41, 5.74) is 5.90. The summed E-state index contributed by atoms with van der Waals surface area (Å²) in [6.07, 6.45) is 4.30. The zero-order valence-corrected chi connectivity index (χ0v) is 11.7. The Morgan fingerprint density at radius 2 is 2.00 bits per heavy atom. The van der Waals surface area contributed by atoms with E-state index < -0.39 is 0 Å². The average Bonchev–Trinajstić information content (AvgIpc) is 2.21. The highest BCUT2D eigenvalue weighted by Crippen LogP contribution is 2.28. The summed E-state index contributed by atoms with van der Waals surface area (Å²) in [6, 6.07) is -0.0153. The van der Waals surface area contributed by atoms with Gasteiger partial charge in [0.05, 0.1) is 6.04 Å². The summed E-state index contributed by atoms with van der Waals surface area (Å²) in [5.74, 6) is 1.88. The van der Waals surface area contributed by atoms with Crippen LogP contribution in [-0.4, -0.2) is 18.0 Å². The second-order valence-electron chi connectivity index (χ2n) is 6.25. The molecule has 0 aromatic rings. The first-order valence-electron chi connectivity index (χ1n) is 6.96. The summed E-state index contributed by atoms with van der Waals surface area (Å²) >= 11 is 0. The summed E-state index contributed by atoms with van der Waals surface area (Å²) < 4.78 is 0. The van der Waals surface area contributed by atoms with Gasteiger partial charge in [0.2, 0.25) is 5.91 Å². The van der Waals surface area contributed by atoms with Crippen LogP contribution in [0.2, 0.25) is 0 Å². The maximum Gasteiger partial charge on any atom is 0.237 e. The summed E-state index contributed by atoms with van der Waals surface area (Å²) in [5, 5.41) is 3.13. The van der Waals surface area contributed by atoms with Gasteiger partial charge in [0.15, 0.2) is 0 Å². The second-order valence-corrected chi connectivity index (χ2v) is 6.25. The van der Waals surface area contributed by atoms with Gasteiger partial charge < -0.3 is 11.1 Å². The van der Waals surface area contributed by atoms with Gasteiger partial charge >= 0.3 is 0 Å². The van der Waals surface area contributed by atoms with Gasteiger partial charge in [-0.15, -0.1) is 0 Å². The van der Waals surface area contributed by atoms with Crippen LogP contribution in [0.25, 0.3) is 0 Å². The molecule has 0 bridgehead atoms. The van der Waals surface area contributed by atoms with Crippen LogP contribution in [0.4, 0.5) is 0 Å². The standard InChI is InChI=1S/C14H28N2O/c1-9(2)7-12(15)14(17)16-13-6-5-10(3)8-11(13)4/h9-13H,5-8,15H2,1-4H3,(H,16,17). The SMILES string of the molecule is CC(C)CC(N)C(=O)NC1CCC(C)CC1C. The fourth-order valence-corrected chi connectivity index (χ4v) is 2.78. The van der Waals surface area contributed by atoms with Crippen LogP contribution in [0.15, 0.2) is 0 Å². The Kier molecular flexibility index (Phi) is 5.44. The molecule has 0 saturated heterocycles. The first-order valence-corrected chi connectivity index (χ1v) is 6.96. The van der Waals surface area contributed by atoms with E-state index in [0.29, 0.717) is 17.9 Å². The molecule has 3 nitrogen and oxygen atoms in total. The lowest BCUT2D eigenvalue weighted by molar-refractivity contribution is -0.124. The molecule has 1 saturated carbocycles. The summed E-state index contributed by atoms with van der Waals surface area (Å²) in [6.45, 7) is 8.71. The third kappa shape index (κ3) is 4.66. The fraction of sp³-hybridized carbons (Fsp3) is 0.929. The molecule has 3 heteroatoms. The number of hydrogen-bond donors (Lipinski definition) is 2. The molecule has 0 aromatic heterocycles. The van der Waals surface area contributed by atoms with Gasteiger partial charge in [-0.3, -0.25) is 4.79 Å². The first-order chi connectivity index (χ1) is 7.90. The molecule has 0 radical (unpaired) electrons. The van der Waals surface area contributed by atoms with Crippen LogP contribution in [-0.2, 0) is 4.79 Å². The van der Waals surface area contributed by atoms with Gasteiger partial charge in [-0.05, 0) is 43.4 Å². The highest BCUT2D eigenvalue weighted by molar-refractivity contribution is 5.81. The molecule has 0 spiro atoms. The lowest BCUT2D eigenvalue weighted by Crippen LogP contribution is -2.49. The molecule has 3 N–H and O–H groups in total. The van der Waals surface area contributed by atoms with Crippen molar-refractivity contribution in [1.82, 2.24) is 5.32 Å². The molecule has 0 heterocycles. The molecule has 4 unspecified atom stereocenters. The molecule has 100 valence electrons. The largest absolute Gasteiger partial charge is 0.352 e. The number of hydrogen-bond acceptors (Lipinski definition) is 2. The normalized spacial score (nSPS) is 31.3. The van der Waals surface area contributed by atoms with Gasteiger partial charge in [0, 0.05) is 6.04 Å². The van der Waals surface area contributed by atoms with Crippen molar-refractivity contribution in [2.45, 2.75) is 65.5 Å². The van der Waals surface area contributed by atoms with Crippen LogP contribution in [0.3, 0.4) is 0 Å². The maximum atomic E-state index is 11.9. The Balaban J connectivity index is 2.40. The molecular weight excluding hydrogens is 212 g/mol. The molecule has 1 fully saturated rings. The van der Waals surface area contributed by atoms with E-state index in [2.05, 4.69) is 33.0 Å². The van der Waals surface area contributed by atoms with Gasteiger partial charge in [-0.25, -0.2) is 0 Å². The lowest BCUT2D eigenvalue weighted by atomic mass is 9.80. The molecule has 17 heavy (non-hydrogen) atoms. The zero-order chi connectivity index (χ0) is 13.0. The van der Waals surface area contributed by atoms with Crippen molar-refractivity contribution in [2.24, 2.45) is 23.5 Å². The quantitative estimate of drug-likeness (QED) is 0.792. The fourth-order valence-electron chi connectivity index (χ4n) is 2.78. The van der Waals surface area contributed by atoms with E-state index in [4.69, 9.17) is 5.73 Å². The highest BCUT2D eigenvalue weighted by Gasteiger charge is 2.27. The van der Waals surface area contributed by atoms with E-state index in [0.717, 1.165) is 18.8 Å². The van der Waals surface area contributed by atoms with Crippen LogP contribution in [0, 0.1) is 17.8 Å². The highest BCUT2D eigenvalue weighted by atomic mass is 16.2. The summed E-state index contributed by atoms with van der Waals surface area (Å²) in [4.78, 5) is 11.9. The van der Waals surface area contributed by atoms with E-state index in [-0.39, 0.29) is 11.9 Å². The Labute approximate surface area is 106 Å². The van der Waals surface area contributed by atoms with E-state index in [1.807, 2.05) is 0 Å². The minimum absolute atomic E-state index is 0.0325. The Morgan fingerprint density at radius 1 is 1.35 bits per heavy atom. The van der Waals surface area contributed by atoms with Crippen molar-refractivity contribution in [3.8, 4) is 0 Å². The Bertz CT molecular complexity index is 253. The monoisotopic (exact) mass is 240 g/mol. The minimum Gasteiger partial charge on any atom is -0.352 e. The molecule has 1 rings (SSSR count). The molecule has 1 aliphatic rings. The van der Waals surface area contributed by atoms with Gasteiger partial charge in [-0.2, -0.15) is 0 Å². The van der Waals surface area contributed by atoms with Crippen LogP contribution in [0.5, 0.6) is 0 Å². The number of amides is 1. The number of nitrogens with two attached hydrogens (primary N) is 1. The predicted octanol–water partition coefficient (Wildman–Crippen LogP) is 2.30. The number of carbonyl (C=O) groups is 1. The zero-order valence-electron chi connectivity index (χ0n) is 11.7. The van der Waals surface area contributed by atoms with E-state index in [9.17, 15) is 4.79 Å².